The Hall–Kier alpha value is -1.93. The van der Waals surface area contributed by atoms with E-state index in [1.165, 1.54) is 0 Å². The number of hydrogen-bond donors (Lipinski definition) is 1. The van der Waals surface area contributed by atoms with E-state index >= 15 is 0 Å². The van der Waals surface area contributed by atoms with Crippen LogP contribution in [0.4, 0.5) is 5.69 Å². The summed E-state index contributed by atoms with van der Waals surface area (Å²) in [6.45, 7) is 8.99. The van der Waals surface area contributed by atoms with Gasteiger partial charge in [-0.25, -0.2) is 13.1 Å². The fourth-order valence-corrected chi connectivity index (χ4v) is 5.18. The van der Waals surface area contributed by atoms with E-state index in [2.05, 4.69) is 38.8 Å². The Morgan fingerprint density at radius 1 is 1.00 bits per heavy atom. The molecular formula is C23H33N3O3S. The Bertz CT molecular complexity index is 966. The first kappa shape index (κ1) is 22.7. The molecule has 0 radical (unpaired) electrons. The van der Waals surface area contributed by atoms with E-state index in [9.17, 15) is 8.42 Å². The minimum atomic E-state index is -3.61. The van der Waals surface area contributed by atoms with Gasteiger partial charge < -0.3 is 9.64 Å². The van der Waals surface area contributed by atoms with Gasteiger partial charge in [-0.05, 0) is 61.2 Å². The standard InChI is InChI=1S/C23H33N3O3S/c1-17-14-19(3)23(15-18(17)2)30(27,28)24-16-22(26-10-12-29-13-11-26)20-6-8-21(9-7-20)25(4)5/h6-9,14-15,22,24H,10-13,16H2,1-5H3/t22-/m0/s1. The summed E-state index contributed by atoms with van der Waals surface area (Å²) in [5.41, 5.74) is 5.06. The minimum Gasteiger partial charge on any atom is -0.379 e. The van der Waals surface area contributed by atoms with Gasteiger partial charge >= 0.3 is 0 Å². The zero-order valence-corrected chi connectivity index (χ0v) is 19.4. The molecule has 1 fully saturated rings. The molecule has 7 heteroatoms. The van der Waals surface area contributed by atoms with E-state index in [4.69, 9.17) is 4.74 Å². The molecule has 0 amide bonds. The molecule has 0 saturated carbocycles. The molecule has 2 aromatic rings. The number of benzene rings is 2. The molecule has 0 unspecified atom stereocenters. The molecule has 0 aliphatic carbocycles. The fourth-order valence-electron chi connectivity index (χ4n) is 3.83. The second-order valence-corrected chi connectivity index (χ2v) is 9.94. The first-order chi connectivity index (χ1) is 14.2. The highest BCUT2D eigenvalue weighted by atomic mass is 32.2. The van der Waals surface area contributed by atoms with E-state index in [1.807, 2.05) is 40.9 Å². The molecule has 0 spiro atoms. The molecule has 30 heavy (non-hydrogen) atoms. The maximum Gasteiger partial charge on any atom is 0.240 e. The summed E-state index contributed by atoms with van der Waals surface area (Å²) in [7, 11) is 0.407. The van der Waals surface area contributed by atoms with Gasteiger partial charge in [0.15, 0.2) is 0 Å². The molecule has 1 N–H and O–H groups in total. The van der Waals surface area contributed by atoms with Crippen molar-refractivity contribution < 1.29 is 13.2 Å². The Kier molecular flexibility index (Phi) is 7.18. The van der Waals surface area contributed by atoms with Gasteiger partial charge in [0, 0.05) is 45.5 Å². The molecule has 1 aliphatic heterocycles. The first-order valence-corrected chi connectivity index (χ1v) is 11.8. The maximum absolute atomic E-state index is 13.1. The van der Waals surface area contributed by atoms with E-state index in [1.54, 1.807) is 6.07 Å². The average molecular weight is 432 g/mol. The van der Waals surface area contributed by atoms with Crippen LogP contribution in [-0.4, -0.2) is 60.3 Å². The molecule has 164 valence electrons. The summed E-state index contributed by atoms with van der Waals surface area (Å²) < 4.78 is 34.6. The van der Waals surface area contributed by atoms with Crippen molar-refractivity contribution in [2.75, 3.05) is 51.8 Å². The van der Waals surface area contributed by atoms with Gasteiger partial charge in [-0.2, -0.15) is 0 Å². The van der Waals surface area contributed by atoms with Crippen LogP contribution >= 0.6 is 0 Å². The molecule has 1 heterocycles. The van der Waals surface area contributed by atoms with Gasteiger partial charge in [0.1, 0.15) is 0 Å². The second-order valence-electron chi connectivity index (χ2n) is 8.20. The zero-order chi connectivity index (χ0) is 21.9. The van der Waals surface area contributed by atoms with Gasteiger partial charge in [-0.3, -0.25) is 4.90 Å². The van der Waals surface area contributed by atoms with Crippen LogP contribution < -0.4 is 9.62 Å². The van der Waals surface area contributed by atoms with E-state index < -0.39 is 10.0 Å². The molecule has 2 aromatic carbocycles. The van der Waals surface area contributed by atoms with Crippen molar-refractivity contribution >= 4 is 15.7 Å². The lowest BCUT2D eigenvalue weighted by Crippen LogP contribution is -2.43. The van der Waals surface area contributed by atoms with E-state index in [-0.39, 0.29) is 6.04 Å². The summed E-state index contributed by atoms with van der Waals surface area (Å²) >= 11 is 0. The Balaban J connectivity index is 1.85. The van der Waals surface area contributed by atoms with Gasteiger partial charge in [0.2, 0.25) is 10.0 Å². The van der Waals surface area contributed by atoms with Crippen molar-refractivity contribution in [3.05, 3.63) is 58.7 Å². The average Bonchev–Trinajstić information content (AvgIpc) is 2.72. The third-order valence-electron chi connectivity index (χ3n) is 5.83. The monoisotopic (exact) mass is 431 g/mol. The van der Waals surface area contributed by atoms with Crippen molar-refractivity contribution in [3.63, 3.8) is 0 Å². The molecule has 3 rings (SSSR count). The van der Waals surface area contributed by atoms with Crippen LogP contribution in [0.3, 0.4) is 0 Å². The van der Waals surface area contributed by atoms with E-state index in [0.29, 0.717) is 24.7 Å². The number of hydrogen-bond acceptors (Lipinski definition) is 5. The number of aryl methyl sites for hydroxylation is 3. The quantitative estimate of drug-likeness (QED) is 0.730. The first-order valence-electron chi connectivity index (χ1n) is 10.4. The highest BCUT2D eigenvalue weighted by Crippen LogP contribution is 2.25. The van der Waals surface area contributed by atoms with Gasteiger partial charge in [-0.1, -0.05) is 18.2 Å². The van der Waals surface area contributed by atoms with Gasteiger partial charge in [0.05, 0.1) is 18.1 Å². The Labute approximate surface area is 180 Å². The third-order valence-corrected chi connectivity index (χ3v) is 7.39. The Morgan fingerprint density at radius 2 is 1.60 bits per heavy atom. The summed E-state index contributed by atoms with van der Waals surface area (Å²) in [4.78, 5) is 4.71. The predicted octanol–water partition coefficient (Wildman–Crippen LogP) is 3.03. The Morgan fingerprint density at radius 3 is 2.20 bits per heavy atom. The van der Waals surface area contributed by atoms with Crippen molar-refractivity contribution in [2.45, 2.75) is 31.7 Å². The molecule has 0 bridgehead atoms. The predicted molar refractivity (Wildman–Crippen MR) is 122 cm³/mol. The van der Waals surface area contributed by atoms with Crippen molar-refractivity contribution in [3.8, 4) is 0 Å². The number of sulfonamides is 1. The number of nitrogens with one attached hydrogen (secondary N) is 1. The van der Waals surface area contributed by atoms with Crippen LogP contribution in [0, 0.1) is 20.8 Å². The lowest BCUT2D eigenvalue weighted by molar-refractivity contribution is 0.0172. The van der Waals surface area contributed by atoms with Crippen LogP contribution in [0.1, 0.15) is 28.3 Å². The molecule has 1 atom stereocenters. The van der Waals surface area contributed by atoms with Gasteiger partial charge in [-0.15, -0.1) is 0 Å². The molecule has 1 aliphatic rings. The molecule has 0 aromatic heterocycles. The fraction of sp³-hybridized carbons (Fsp3) is 0.478. The maximum atomic E-state index is 13.1. The van der Waals surface area contributed by atoms with Crippen LogP contribution in [0.25, 0.3) is 0 Å². The van der Waals surface area contributed by atoms with Crippen LogP contribution in [0.15, 0.2) is 41.3 Å². The molecular weight excluding hydrogens is 398 g/mol. The number of anilines is 1. The van der Waals surface area contributed by atoms with Crippen molar-refractivity contribution in [1.29, 1.82) is 0 Å². The summed E-state index contributed by atoms with van der Waals surface area (Å²) in [6, 6.07) is 12.0. The van der Waals surface area contributed by atoms with E-state index in [0.717, 1.165) is 41.0 Å². The largest absolute Gasteiger partial charge is 0.379 e. The van der Waals surface area contributed by atoms with Crippen LogP contribution in [-0.2, 0) is 14.8 Å². The molecule has 6 nitrogen and oxygen atoms in total. The molecule has 1 saturated heterocycles. The smallest absolute Gasteiger partial charge is 0.240 e. The zero-order valence-electron chi connectivity index (χ0n) is 18.6. The second kappa shape index (κ2) is 9.47. The van der Waals surface area contributed by atoms with Crippen molar-refractivity contribution in [2.24, 2.45) is 0 Å². The lowest BCUT2D eigenvalue weighted by Gasteiger charge is -2.35. The minimum absolute atomic E-state index is 0.0493. The van der Waals surface area contributed by atoms with Crippen LogP contribution in [0.5, 0.6) is 0 Å². The number of rotatable bonds is 7. The highest BCUT2D eigenvalue weighted by molar-refractivity contribution is 7.89. The van der Waals surface area contributed by atoms with Crippen molar-refractivity contribution in [1.82, 2.24) is 9.62 Å². The number of nitrogens with zero attached hydrogens (tertiary/aromatic N) is 2. The normalized spacial score (nSPS) is 16.4. The topological polar surface area (TPSA) is 61.9 Å². The van der Waals surface area contributed by atoms with Gasteiger partial charge in [0.25, 0.3) is 0 Å². The number of morpholine rings is 1. The summed E-state index contributed by atoms with van der Waals surface area (Å²) in [5.74, 6) is 0. The third kappa shape index (κ3) is 5.21. The highest BCUT2D eigenvalue weighted by Gasteiger charge is 2.26. The van der Waals surface area contributed by atoms with Crippen LogP contribution in [0.2, 0.25) is 0 Å². The SMILES string of the molecule is Cc1cc(C)c(S(=O)(=O)NC[C@@H](c2ccc(N(C)C)cc2)N2CCOCC2)cc1C. The summed E-state index contributed by atoms with van der Waals surface area (Å²) in [5, 5.41) is 0. The lowest BCUT2D eigenvalue weighted by atomic mass is 10.0. The summed E-state index contributed by atoms with van der Waals surface area (Å²) in [6.07, 6.45) is 0. The number of ether oxygens (including phenoxy) is 1.